The van der Waals surface area contributed by atoms with Crippen LogP contribution in [0.4, 0.5) is 5.69 Å². The molecule has 2 aromatic carbocycles. The molecule has 0 atom stereocenters. The van der Waals surface area contributed by atoms with Gasteiger partial charge in [0.15, 0.2) is 0 Å². The van der Waals surface area contributed by atoms with E-state index in [0.717, 1.165) is 36.0 Å². The van der Waals surface area contributed by atoms with Gasteiger partial charge in [0, 0.05) is 0 Å². The molecule has 1 aliphatic heterocycles. The molecule has 2 aromatic rings. The van der Waals surface area contributed by atoms with Crippen molar-refractivity contribution < 1.29 is 9.59 Å². The summed E-state index contributed by atoms with van der Waals surface area (Å²) in [7, 11) is 0. The minimum absolute atomic E-state index is 0.231. The van der Waals surface area contributed by atoms with Gasteiger partial charge in [-0.3, -0.25) is 9.59 Å². The fourth-order valence-corrected chi connectivity index (χ4v) is 3.31. The summed E-state index contributed by atoms with van der Waals surface area (Å²) in [6, 6.07) is 12.8. The highest BCUT2D eigenvalue weighted by atomic mass is 16.2. The third-order valence-corrected chi connectivity index (χ3v) is 4.43. The zero-order valence-electron chi connectivity index (χ0n) is 12.1. The first kappa shape index (κ1) is 13.0. The maximum absolute atomic E-state index is 12.7. The Morgan fingerprint density at radius 1 is 0.864 bits per heavy atom. The molecule has 0 bridgehead atoms. The van der Waals surface area contributed by atoms with Crippen LogP contribution in [0, 0.1) is 0 Å². The van der Waals surface area contributed by atoms with Crippen molar-refractivity contribution in [1.29, 1.82) is 0 Å². The Labute approximate surface area is 128 Å². The summed E-state index contributed by atoms with van der Waals surface area (Å²) in [6.07, 6.45) is 2.94. The fraction of sp³-hybridized carbons (Fsp3) is 0.158. The zero-order chi connectivity index (χ0) is 15.3. The second kappa shape index (κ2) is 4.67. The van der Waals surface area contributed by atoms with E-state index in [-0.39, 0.29) is 11.8 Å². The van der Waals surface area contributed by atoms with Gasteiger partial charge in [-0.15, -0.1) is 0 Å². The van der Waals surface area contributed by atoms with Crippen molar-refractivity contribution in [3.05, 3.63) is 71.3 Å². The Kier molecular flexibility index (Phi) is 2.76. The van der Waals surface area contributed by atoms with Crippen LogP contribution in [0.15, 0.2) is 49.0 Å². The van der Waals surface area contributed by atoms with Crippen molar-refractivity contribution >= 4 is 23.1 Å². The first-order valence-corrected chi connectivity index (χ1v) is 7.46. The van der Waals surface area contributed by atoms with Gasteiger partial charge in [0.2, 0.25) is 0 Å². The molecule has 0 radical (unpaired) electrons. The monoisotopic (exact) mass is 289 g/mol. The van der Waals surface area contributed by atoms with Gasteiger partial charge in [0.1, 0.15) is 0 Å². The van der Waals surface area contributed by atoms with Crippen LogP contribution in [0.1, 0.15) is 44.7 Å². The van der Waals surface area contributed by atoms with E-state index >= 15 is 0 Å². The molecule has 0 spiro atoms. The van der Waals surface area contributed by atoms with Gasteiger partial charge in [-0.2, -0.15) is 0 Å². The molecule has 0 unspecified atom stereocenters. The van der Waals surface area contributed by atoms with Gasteiger partial charge >= 0.3 is 0 Å². The molecule has 1 aliphatic carbocycles. The quantitative estimate of drug-likeness (QED) is 0.748. The van der Waals surface area contributed by atoms with Gasteiger partial charge in [-0.1, -0.05) is 24.8 Å². The standard InChI is InChI=1S/C19H15NO2/c1-12-6-5-7-13-10-16-17(11-15(12)13)19(22)20(18(16)21)14-8-3-2-4-9-14/h2-4,8-11H,1,5-7H2. The van der Waals surface area contributed by atoms with E-state index in [0.29, 0.717) is 16.8 Å². The lowest BCUT2D eigenvalue weighted by Gasteiger charge is -2.18. The van der Waals surface area contributed by atoms with Crippen molar-refractivity contribution in [1.82, 2.24) is 0 Å². The minimum atomic E-state index is -0.243. The molecular formula is C19H15NO2. The van der Waals surface area contributed by atoms with Crippen molar-refractivity contribution in [3.8, 4) is 0 Å². The van der Waals surface area contributed by atoms with E-state index in [2.05, 4.69) is 6.58 Å². The molecule has 0 saturated carbocycles. The number of nitrogens with zero attached hydrogens (tertiary/aromatic N) is 1. The molecule has 4 rings (SSSR count). The normalized spacial score (nSPS) is 16.7. The smallest absolute Gasteiger partial charge is 0.266 e. The van der Waals surface area contributed by atoms with Gasteiger partial charge in [0.05, 0.1) is 16.8 Å². The second-order valence-electron chi connectivity index (χ2n) is 5.79. The summed E-state index contributed by atoms with van der Waals surface area (Å²) < 4.78 is 0. The molecule has 3 nitrogen and oxygen atoms in total. The lowest BCUT2D eigenvalue weighted by Crippen LogP contribution is -2.29. The lowest BCUT2D eigenvalue weighted by atomic mass is 9.86. The number of anilines is 1. The first-order chi connectivity index (χ1) is 10.7. The Morgan fingerprint density at radius 2 is 1.55 bits per heavy atom. The van der Waals surface area contributed by atoms with Crippen molar-refractivity contribution in [2.24, 2.45) is 0 Å². The van der Waals surface area contributed by atoms with E-state index in [4.69, 9.17) is 0 Å². The Morgan fingerprint density at radius 3 is 2.27 bits per heavy atom. The summed E-state index contributed by atoms with van der Waals surface area (Å²) in [5.41, 5.74) is 4.86. The highest BCUT2D eigenvalue weighted by molar-refractivity contribution is 6.34. The van der Waals surface area contributed by atoms with Crippen LogP contribution in [-0.4, -0.2) is 11.8 Å². The molecule has 108 valence electrons. The molecule has 0 fully saturated rings. The molecular weight excluding hydrogens is 274 g/mol. The third-order valence-electron chi connectivity index (χ3n) is 4.43. The summed E-state index contributed by atoms with van der Waals surface area (Å²) in [4.78, 5) is 26.6. The van der Waals surface area contributed by atoms with E-state index < -0.39 is 0 Å². The number of aryl methyl sites for hydroxylation is 1. The van der Waals surface area contributed by atoms with Gasteiger partial charge < -0.3 is 0 Å². The topological polar surface area (TPSA) is 37.4 Å². The van der Waals surface area contributed by atoms with Crippen LogP contribution in [-0.2, 0) is 6.42 Å². The number of carbonyl (C=O) groups is 2. The molecule has 0 aromatic heterocycles. The largest absolute Gasteiger partial charge is 0.268 e. The number of amides is 2. The number of hydrogen-bond donors (Lipinski definition) is 0. The average Bonchev–Trinajstić information content (AvgIpc) is 2.78. The predicted molar refractivity (Wildman–Crippen MR) is 86.0 cm³/mol. The molecule has 0 saturated heterocycles. The van der Waals surface area contributed by atoms with Gasteiger partial charge in [0.25, 0.3) is 11.8 Å². The first-order valence-electron chi connectivity index (χ1n) is 7.46. The molecule has 22 heavy (non-hydrogen) atoms. The number of fused-ring (bicyclic) bond motifs is 2. The number of hydrogen-bond acceptors (Lipinski definition) is 2. The van der Waals surface area contributed by atoms with E-state index in [1.165, 1.54) is 4.90 Å². The summed E-state index contributed by atoms with van der Waals surface area (Å²) in [6.45, 7) is 4.09. The molecule has 1 heterocycles. The van der Waals surface area contributed by atoms with E-state index in [1.54, 1.807) is 12.1 Å². The molecule has 2 amide bonds. The highest BCUT2D eigenvalue weighted by Crippen LogP contribution is 2.36. The minimum Gasteiger partial charge on any atom is -0.268 e. The Bertz CT molecular complexity index is 821. The molecule has 2 aliphatic rings. The zero-order valence-corrected chi connectivity index (χ0v) is 12.1. The van der Waals surface area contributed by atoms with Crippen LogP contribution in [0.25, 0.3) is 5.57 Å². The molecule has 3 heteroatoms. The van der Waals surface area contributed by atoms with Gasteiger partial charge in [-0.05, 0) is 60.2 Å². The van der Waals surface area contributed by atoms with E-state index in [9.17, 15) is 9.59 Å². The average molecular weight is 289 g/mol. The second-order valence-corrected chi connectivity index (χ2v) is 5.79. The van der Waals surface area contributed by atoms with Crippen LogP contribution in [0.2, 0.25) is 0 Å². The van der Waals surface area contributed by atoms with Crippen LogP contribution in [0.5, 0.6) is 0 Å². The predicted octanol–water partition coefficient (Wildman–Crippen LogP) is 3.84. The van der Waals surface area contributed by atoms with Gasteiger partial charge in [-0.25, -0.2) is 4.90 Å². The third kappa shape index (κ3) is 1.75. The SMILES string of the molecule is C=C1CCCc2cc3c(cc21)C(=O)N(c1ccccc1)C3=O. The maximum atomic E-state index is 12.7. The number of carbonyl (C=O) groups excluding carboxylic acids is 2. The van der Waals surface area contributed by atoms with Crippen molar-refractivity contribution in [3.63, 3.8) is 0 Å². The number of rotatable bonds is 1. The van der Waals surface area contributed by atoms with Crippen molar-refractivity contribution in [2.75, 3.05) is 4.90 Å². The fourth-order valence-electron chi connectivity index (χ4n) is 3.31. The Hall–Kier alpha value is -2.68. The molecule has 0 N–H and O–H groups in total. The van der Waals surface area contributed by atoms with Crippen LogP contribution in [0.3, 0.4) is 0 Å². The Balaban J connectivity index is 1.86. The summed E-state index contributed by atoms with van der Waals surface area (Å²) in [5, 5.41) is 0. The van der Waals surface area contributed by atoms with Crippen molar-refractivity contribution in [2.45, 2.75) is 19.3 Å². The lowest BCUT2D eigenvalue weighted by molar-refractivity contribution is 0.0926. The number of benzene rings is 2. The summed E-state index contributed by atoms with van der Waals surface area (Å²) >= 11 is 0. The number of para-hydroxylation sites is 1. The maximum Gasteiger partial charge on any atom is 0.266 e. The number of allylic oxidation sites excluding steroid dienone is 1. The van der Waals surface area contributed by atoms with E-state index in [1.807, 2.05) is 30.3 Å². The summed E-state index contributed by atoms with van der Waals surface area (Å²) in [5.74, 6) is -0.474. The number of imide groups is 1. The van der Waals surface area contributed by atoms with Crippen LogP contribution < -0.4 is 4.90 Å². The van der Waals surface area contributed by atoms with Crippen LogP contribution >= 0.6 is 0 Å². The highest BCUT2D eigenvalue weighted by Gasteiger charge is 2.37.